The number of rotatable bonds is 10. The lowest BCUT2D eigenvalue weighted by atomic mass is 9.82. The quantitative estimate of drug-likeness (QED) is 0.415. The maximum atomic E-state index is 12.2. The molecule has 0 bridgehead atoms. The average Bonchev–Trinajstić information content (AvgIpc) is 2.77. The maximum absolute atomic E-state index is 12.2. The monoisotopic (exact) mass is 407 g/mol. The van der Waals surface area contributed by atoms with E-state index in [1.165, 1.54) is 5.57 Å². The number of ketones is 1. The molecular formula is C28H41NO. The van der Waals surface area contributed by atoms with Crippen LogP contribution in [0.3, 0.4) is 0 Å². The van der Waals surface area contributed by atoms with Crippen LogP contribution in [0.4, 0.5) is 0 Å². The molecule has 0 saturated heterocycles. The lowest BCUT2D eigenvalue weighted by molar-refractivity contribution is -0.120. The lowest BCUT2D eigenvalue weighted by Gasteiger charge is -2.28. The fourth-order valence-electron chi connectivity index (χ4n) is 3.97. The van der Waals surface area contributed by atoms with Gasteiger partial charge in [0.25, 0.3) is 0 Å². The van der Waals surface area contributed by atoms with Crippen molar-refractivity contribution in [1.82, 2.24) is 5.32 Å². The fourth-order valence-corrected chi connectivity index (χ4v) is 3.97. The molecule has 2 aromatic carbocycles. The average molecular weight is 408 g/mol. The molecular weight excluding hydrogens is 366 g/mol. The van der Waals surface area contributed by atoms with Crippen molar-refractivity contribution in [3.63, 3.8) is 0 Å². The topological polar surface area (TPSA) is 29.1 Å². The molecule has 0 aromatic heterocycles. The third-order valence-electron chi connectivity index (χ3n) is 5.31. The van der Waals surface area contributed by atoms with Crippen LogP contribution < -0.4 is 5.32 Å². The molecule has 0 radical (unpaired) electrons. The highest BCUT2D eigenvalue weighted by Gasteiger charge is 2.24. The molecule has 0 saturated carbocycles. The van der Waals surface area contributed by atoms with Crippen LogP contribution >= 0.6 is 0 Å². The van der Waals surface area contributed by atoms with Crippen LogP contribution in [0, 0.1) is 5.92 Å². The van der Waals surface area contributed by atoms with Crippen LogP contribution in [-0.4, -0.2) is 18.9 Å². The van der Waals surface area contributed by atoms with E-state index in [0.29, 0.717) is 18.6 Å². The van der Waals surface area contributed by atoms with E-state index in [1.807, 2.05) is 45.2 Å². The Labute approximate surface area is 185 Å². The van der Waals surface area contributed by atoms with Crippen LogP contribution in [0.15, 0.2) is 72.8 Å². The number of nitrogens with one attached hydrogen (secondary N) is 1. The number of Topliss-reactive ketones (excluding diaryl/α,β-unsaturated/α-hetero) is 1. The zero-order valence-electron chi connectivity index (χ0n) is 19.7. The Kier molecular flexibility index (Phi) is 11.7. The van der Waals surface area contributed by atoms with E-state index >= 15 is 0 Å². The van der Waals surface area contributed by atoms with Gasteiger partial charge in [0.2, 0.25) is 0 Å². The normalized spacial score (nSPS) is 13.4. The molecule has 2 unspecified atom stereocenters. The van der Waals surface area contributed by atoms with Gasteiger partial charge in [0.1, 0.15) is 5.78 Å². The summed E-state index contributed by atoms with van der Waals surface area (Å²) in [5.74, 6) is 0.553. The Bertz CT molecular complexity index is 811. The van der Waals surface area contributed by atoms with Crippen LogP contribution in [0.2, 0.25) is 0 Å². The van der Waals surface area contributed by atoms with Gasteiger partial charge in [-0.2, -0.15) is 0 Å². The number of allylic oxidation sites excluding steroid dienone is 2. The van der Waals surface area contributed by atoms with Gasteiger partial charge in [0.15, 0.2) is 0 Å². The molecule has 0 aliphatic carbocycles. The molecule has 0 aliphatic heterocycles. The summed E-state index contributed by atoms with van der Waals surface area (Å²) in [7, 11) is 1.98. The van der Waals surface area contributed by atoms with E-state index in [1.54, 1.807) is 0 Å². The number of benzene rings is 2. The number of hydrogen-bond donors (Lipinski definition) is 1. The lowest BCUT2D eigenvalue weighted by Crippen LogP contribution is -2.35. The van der Waals surface area contributed by atoms with Crippen LogP contribution in [-0.2, 0) is 4.79 Å². The molecule has 0 spiro atoms. The first-order valence-electron chi connectivity index (χ1n) is 11.2. The minimum Gasteiger partial charge on any atom is -0.313 e. The molecule has 164 valence electrons. The highest BCUT2D eigenvalue weighted by Crippen LogP contribution is 2.35. The van der Waals surface area contributed by atoms with Crippen molar-refractivity contribution in [2.45, 2.75) is 59.9 Å². The summed E-state index contributed by atoms with van der Waals surface area (Å²) in [5, 5.41) is 3.45. The minimum atomic E-state index is 0. The van der Waals surface area contributed by atoms with Crippen molar-refractivity contribution in [3.05, 3.63) is 83.9 Å². The van der Waals surface area contributed by atoms with Crippen LogP contribution in [0.1, 0.15) is 66.4 Å². The van der Waals surface area contributed by atoms with E-state index in [2.05, 4.69) is 69.1 Å². The summed E-state index contributed by atoms with van der Waals surface area (Å²) in [4.78, 5) is 12.2. The fraction of sp³-hybridized carbons (Fsp3) is 0.393. The van der Waals surface area contributed by atoms with Crippen molar-refractivity contribution in [3.8, 4) is 0 Å². The van der Waals surface area contributed by atoms with Crippen molar-refractivity contribution >= 4 is 16.9 Å². The smallest absolute Gasteiger partial charge is 0.133 e. The third kappa shape index (κ3) is 7.11. The summed E-state index contributed by atoms with van der Waals surface area (Å²) in [6.45, 7) is 14.8. The zero-order chi connectivity index (χ0) is 22.5. The summed E-state index contributed by atoms with van der Waals surface area (Å²) in [5.41, 5.74) is 5.66. The Morgan fingerprint density at radius 3 is 1.97 bits per heavy atom. The molecule has 2 atom stereocenters. The molecule has 0 fully saturated rings. The van der Waals surface area contributed by atoms with Gasteiger partial charge >= 0.3 is 0 Å². The molecule has 30 heavy (non-hydrogen) atoms. The van der Waals surface area contributed by atoms with Gasteiger partial charge in [0.05, 0.1) is 0 Å². The van der Waals surface area contributed by atoms with Crippen molar-refractivity contribution in [2.24, 2.45) is 5.92 Å². The highest BCUT2D eigenvalue weighted by atomic mass is 16.1. The number of carbonyl (C=O) groups is 1. The molecule has 0 aliphatic rings. The first-order valence-corrected chi connectivity index (χ1v) is 11.2. The standard InChI is InChI=1S/C26H33NO.C2H6.H2/c1-6-13-24(28)18-19(2)26(27-5)21(4)25(23-16-11-8-12-17-23)20(3)22-14-9-7-10-15-22;1-2;/h7-12,14-17,19,26-27H,3,6,13,18H2,1-2,4-5H3;1-2H3;1H/b25-21+;;. The number of likely N-dealkylation sites (N-methyl/N-ethyl adjacent to an activating group) is 1. The van der Waals surface area contributed by atoms with Gasteiger partial charge in [-0.05, 0) is 54.2 Å². The summed E-state index contributed by atoms with van der Waals surface area (Å²) in [6, 6.07) is 20.8. The Morgan fingerprint density at radius 1 is 1.00 bits per heavy atom. The maximum Gasteiger partial charge on any atom is 0.133 e. The Hall–Kier alpha value is -2.45. The number of hydrogen-bond acceptors (Lipinski definition) is 2. The molecule has 2 heteroatoms. The summed E-state index contributed by atoms with van der Waals surface area (Å²) >= 11 is 0. The van der Waals surface area contributed by atoms with Gasteiger partial charge in [-0.25, -0.2) is 0 Å². The molecule has 2 rings (SSSR count). The Morgan fingerprint density at radius 2 is 1.50 bits per heavy atom. The Balaban J connectivity index is 0.00000291. The summed E-state index contributed by atoms with van der Waals surface area (Å²) in [6.07, 6.45) is 2.16. The van der Waals surface area contributed by atoms with Gasteiger partial charge in [-0.15, -0.1) is 0 Å². The second kappa shape index (κ2) is 13.7. The van der Waals surface area contributed by atoms with Gasteiger partial charge in [-0.1, -0.05) is 94.9 Å². The van der Waals surface area contributed by atoms with E-state index in [0.717, 1.165) is 28.7 Å². The minimum absolute atomic E-state index is 0. The molecule has 1 N–H and O–H groups in total. The van der Waals surface area contributed by atoms with E-state index < -0.39 is 0 Å². The largest absolute Gasteiger partial charge is 0.313 e. The molecule has 2 aromatic rings. The summed E-state index contributed by atoms with van der Waals surface area (Å²) < 4.78 is 0. The van der Waals surface area contributed by atoms with Gasteiger partial charge in [-0.3, -0.25) is 4.79 Å². The SMILES string of the molecule is C=C(/C(=C(/C)C(NC)C(C)CC(=O)CCC)c1ccccc1)c1ccccc1.CC.[HH]. The van der Waals surface area contributed by atoms with Gasteiger partial charge < -0.3 is 5.32 Å². The second-order valence-corrected chi connectivity index (χ2v) is 7.51. The predicted octanol–water partition coefficient (Wildman–Crippen LogP) is 7.43. The first-order chi connectivity index (χ1) is 14.5. The number of carbonyl (C=O) groups excluding carboxylic acids is 1. The van der Waals surface area contributed by atoms with E-state index in [-0.39, 0.29) is 13.4 Å². The first kappa shape index (κ1) is 25.6. The highest BCUT2D eigenvalue weighted by molar-refractivity contribution is 6.05. The van der Waals surface area contributed by atoms with Crippen molar-refractivity contribution < 1.29 is 6.22 Å². The van der Waals surface area contributed by atoms with Crippen molar-refractivity contribution in [1.29, 1.82) is 0 Å². The predicted molar refractivity (Wildman–Crippen MR) is 135 cm³/mol. The van der Waals surface area contributed by atoms with Crippen LogP contribution in [0.5, 0.6) is 0 Å². The third-order valence-corrected chi connectivity index (χ3v) is 5.31. The van der Waals surface area contributed by atoms with Crippen LogP contribution in [0.25, 0.3) is 11.1 Å². The second-order valence-electron chi connectivity index (χ2n) is 7.51. The molecule has 0 heterocycles. The molecule has 2 nitrogen and oxygen atoms in total. The van der Waals surface area contributed by atoms with Gasteiger partial charge in [0, 0.05) is 20.3 Å². The van der Waals surface area contributed by atoms with E-state index in [9.17, 15) is 4.79 Å². The zero-order valence-corrected chi connectivity index (χ0v) is 19.7. The van der Waals surface area contributed by atoms with E-state index in [4.69, 9.17) is 0 Å². The van der Waals surface area contributed by atoms with Crippen molar-refractivity contribution in [2.75, 3.05) is 7.05 Å². The molecule has 0 amide bonds.